The van der Waals surface area contributed by atoms with E-state index in [9.17, 15) is 4.39 Å². The lowest BCUT2D eigenvalue weighted by Gasteiger charge is -2.12. The quantitative estimate of drug-likeness (QED) is 0.877. The summed E-state index contributed by atoms with van der Waals surface area (Å²) in [6, 6.07) is 7.43. The van der Waals surface area contributed by atoms with E-state index in [1.165, 1.54) is 22.0 Å². The maximum Gasteiger partial charge on any atom is 0.141 e. The monoisotopic (exact) mass is 236 g/mol. The average molecular weight is 236 g/mol. The first-order valence-corrected chi connectivity index (χ1v) is 5.91. The molecular formula is C12H13FN2S. The summed E-state index contributed by atoms with van der Waals surface area (Å²) in [5.74, 6) is 0.380. The molecule has 16 heavy (non-hydrogen) atoms. The predicted octanol–water partition coefficient (Wildman–Crippen LogP) is 3.76. The van der Waals surface area contributed by atoms with Crippen molar-refractivity contribution in [3.8, 4) is 0 Å². The summed E-state index contributed by atoms with van der Waals surface area (Å²) < 4.78 is 12.7. The normalized spacial score (nSPS) is 12.4. The number of halogens is 1. The van der Waals surface area contributed by atoms with E-state index < -0.39 is 0 Å². The topological polar surface area (TPSA) is 24.9 Å². The molecule has 4 heteroatoms. The lowest BCUT2D eigenvalue weighted by atomic mass is 10.2. The molecule has 0 radical (unpaired) electrons. The first kappa shape index (κ1) is 11.1. The molecule has 0 saturated heterocycles. The van der Waals surface area contributed by atoms with E-state index in [2.05, 4.69) is 36.3 Å². The van der Waals surface area contributed by atoms with Crippen LogP contribution in [-0.2, 0) is 0 Å². The van der Waals surface area contributed by atoms with Crippen LogP contribution in [0.1, 0.15) is 22.7 Å². The van der Waals surface area contributed by atoms with Crippen molar-refractivity contribution in [3.63, 3.8) is 0 Å². The Hall–Kier alpha value is -1.42. The van der Waals surface area contributed by atoms with Crippen LogP contribution < -0.4 is 5.32 Å². The molecule has 0 amide bonds. The number of hydrogen-bond acceptors (Lipinski definition) is 3. The van der Waals surface area contributed by atoms with Gasteiger partial charge in [0.05, 0.1) is 12.2 Å². The number of hydrogen-bond donors (Lipinski definition) is 1. The minimum atomic E-state index is -0.315. The fraction of sp³-hybridized carbons (Fsp3) is 0.250. The van der Waals surface area contributed by atoms with Crippen molar-refractivity contribution in [3.05, 3.63) is 46.0 Å². The van der Waals surface area contributed by atoms with Crippen molar-refractivity contribution in [2.24, 2.45) is 0 Å². The molecule has 0 aliphatic carbocycles. The summed E-state index contributed by atoms with van der Waals surface area (Å²) in [5, 5.41) is 3.23. The van der Waals surface area contributed by atoms with Crippen LogP contribution in [0.3, 0.4) is 0 Å². The molecule has 1 N–H and O–H groups in total. The van der Waals surface area contributed by atoms with Gasteiger partial charge in [-0.1, -0.05) is 0 Å². The number of nitrogens with zero attached hydrogens (tertiary/aromatic N) is 1. The van der Waals surface area contributed by atoms with Crippen LogP contribution in [0.4, 0.5) is 10.2 Å². The Balaban J connectivity index is 2.07. The number of thiophene rings is 1. The lowest BCUT2D eigenvalue weighted by molar-refractivity contribution is 0.621. The molecule has 2 aromatic rings. The minimum Gasteiger partial charge on any atom is -0.363 e. The Labute approximate surface area is 98.2 Å². The highest BCUT2D eigenvalue weighted by molar-refractivity contribution is 7.12. The van der Waals surface area contributed by atoms with Crippen LogP contribution in [0, 0.1) is 12.7 Å². The maximum absolute atomic E-state index is 12.7. The minimum absolute atomic E-state index is 0.191. The Morgan fingerprint density at radius 2 is 2.12 bits per heavy atom. The highest BCUT2D eigenvalue weighted by Crippen LogP contribution is 2.24. The summed E-state index contributed by atoms with van der Waals surface area (Å²) in [4.78, 5) is 6.51. The van der Waals surface area contributed by atoms with Gasteiger partial charge in [0.25, 0.3) is 0 Å². The van der Waals surface area contributed by atoms with Gasteiger partial charge in [0.1, 0.15) is 11.6 Å². The zero-order chi connectivity index (χ0) is 11.5. The van der Waals surface area contributed by atoms with E-state index >= 15 is 0 Å². The first-order chi connectivity index (χ1) is 7.65. The van der Waals surface area contributed by atoms with Gasteiger partial charge >= 0.3 is 0 Å². The molecular weight excluding hydrogens is 223 g/mol. The van der Waals surface area contributed by atoms with Gasteiger partial charge in [-0.15, -0.1) is 11.3 Å². The summed E-state index contributed by atoms with van der Waals surface area (Å²) in [6.45, 7) is 4.15. The molecule has 1 unspecified atom stereocenters. The Kier molecular flexibility index (Phi) is 3.19. The molecule has 2 heterocycles. The molecule has 2 nitrogen and oxygen atoms in total. The summed E-state index contributed by atoms with van der Waals surface area (Å²) in [6.07, 6.45) is 1.22. The zero-order valence-corrected chi connectivity index (χ0v) is 10.0. The number of pyridine rings is 1. The van der Waals surface area contributed by atoms with Gasteiger partial charge in [0, 0.05) is 9.75 Å². The maximum atomic E-state index is 12.7. The van der Waals surface area contributed by atoms with Crippen molar-refractivity contribution >= 4 is 17.2 Å². The summed E-state index contributed by atoms with van der Waals surface area (Å²) in [7, 11) is 0. The Morgan fingerprint density at radius 3 is 2.69 bits per heavy atom. The smallest absolute Gasteiger partial charge is 0.141 e. The molecule has 2 rings (SSSR count). The largest absolute Gasteiger partial charge is 0.363 e. The van der Waals surface area contributed by atoms with Crippen molar-refractivity contribution in [1.29, 1.82) is 0 Å². The number of anilines is 1. The molecule has 0 saturated carbocycles. The fourth-order valence-electron chi connectivity index (χ4n) is 1.44. The highest BCUT2D eigenvalue weighted by atomic mass is 32.1. The lowest BCUT2D eigenvalue weighted by Crippen LogP contribution is -2.06. The van der Waals surface area contributed by atoms with Gasteiger partial charge in [0.2, 0.25) is 0 Å². The number of aromatic nitrogens is 1. The third kappa shape index (κ3) is 2.58. The van der Waals surface area contributed by atoms with Crippen molar-refractivity contribution in [1.82, 2.24) is 4.98 Å². The van der Waals surface area contributed by atoms with Crippen LogP contribution in [0.25, 0.3) is 0 Å². The van der Waals surface area contributed by atoms with E-state index in [0.29, 0.717) is 5.82 Å². The predicted molar refractivity (Wildman–Crippen MR) is 65.3 cm³/mol. The van der Waals surface area contributed by atoms with Gasteiger partial charge in [-0.3, -0.25) is 0 Å². The van der Waals surface area contributed by atoms with E-state index in [0.717, 1.165) is 0 Å². The molecule has 0 spiro atoms. The van der Waals surface area contributed by atoms with Crippen LogP contribution in [0.2, 0.25) is 0 Å². The molecule has 2 aromatic heterocycles. The third-order valence-electron chi connectivity index (χ3n) is 2.28. The average Bonchev–Trinajstić information content (AvgIpc) is 2.68. The van der Waals surface area contributed by atoms with Gasteiger partial charge in [-0.25, -0.2) is 9.37 Å². The van der Waals surface area contributed by atoms with Crippen LogP contribution >= 0.6 is 11.3 Å². The highest BCUT2D eigenvalue weighted by Gasteiger charge is 2.07. The van der Waals surface area contributed by atoms with Crippen LogP contribution in [-0.4, -0.2) is 4.98 Å². The molecule has 84 valence electrons. The van der Waals surface area contributed by atoms with Gasteiger partial charge in [-0.2, -0.15) is 0 Å². The van der Waals surface area contributed by atoms with Crippen molar-refractivity contribution in [2.45, 2.75) is 19.9 Å². The zero-order valence-electron chi connectivity index (χ0n) is 9.20. The Morgan fingerprint density at radius 1 is 1.31 bits per heavy atom. The van der Waals surface area contributed by atoms with E-state index in [1.54, 1.807) is 17.4 Å². The molecule has 1 atom stereocenters. The second kappa shape index (κ2) is 4.61. The van der Waals surface area contributed by atoms with E-state index in [4.69, 9.17) is 0 Å². The molecule has 0 bridgehead atoms. The van der Waals surface area contributed by atoms with E-state index in [1.807, 2.05) is 0 Å². The molecule has 0 fully saturated rings. The van der Waals surface area contributed by atoms with Crippen LogP contribution in [0.15, 0.2) is 30.5 Å². The number of aryl methyl sites for hydroxylation is 1. The van der Waals surface area contributed by atoms with E-state index in [-0.39, 0.29) is 11.9 Å². The van der Waals surface area contributed by atoms with Gasteiger partial charge < -0.3 is 5.32 Å². The van der Waals surface area contributed by atoms with Crippen LogP contribution in [0.5, 0.6) is 0 Å². The third-order valence-corrected chi connectivity index (χ3v) is 3.46. The summed E-state index contributed by atoms with van der Waals surface area (Å²) in [5.41, 5.74) is 0. The standard InChI is InChI=1S/C12H13FN2S/c1-8-3-5-11(16-8)9(2)15-12-6-4-10(13)7-14-12/h3-7,9H,1-2H3,(H,14,15). The number of nitrogens with one attached hydrogen (secondary N) is 1. The molecule has 0 aliphatic heterocycles. The molecule has 0 aromatic carbocycles. The van der Waals surface area contributed by atoms with Gasteiger partial charge in [0.15, 0.2) is 0 Å². The SMILES string of the molecule is Cc1ccc(C(C)Nc2ccc(F)cn2)s1. The number of rotatable bonds is 3. The molecule has 0 aliphatic rings. The Bertz CT molecular complexity index is 464. The van der Waals surface area contributed by atoms with Crippen molar-refractivity contribution < 1.29 is 4.39 Å². The first-order valence-electron chi connectivity index (χ1n) is 5.09. The second-order valence-corrected chi connectivity index (χ2v) is 5.00. The summed E-state index contributed by atoms with van der Waals surface area (Å²) >= 11 is 1.75. The van der Waals surface area contributed by atoms with Crippen molar-refractivity contribution in [2.75, 3.05) is 5.32 Å². The van der Waals surface area contributed by atoms with Gasteiger partial charge in [-0.05, 0) is 38.1 Å². The second-order valence-electron chi connectivity index (χ2n) is 3.68. The fourth-order valence-corrected chi connectivity index (χ4v) is 2.32.